The van der Waals surface area contributed by atoms with Gasteiger partial charge in [0.25, 0.3) is 0 Å². The number of nitrogens with zero attached hydrogens (tertiary/aromatic N) is 1. The van der Waals surface area contributed by atoms with Gasteiger partial charge in [0.1, 0.15) is 6.61 Å². The predicted octanol–water partition coefficient (Wildman–Crippen LogP) is 4.96. The highest BCUT2D eigenvalue weighted by atomic mass is 16.5. The molecule has 2 N–H and O–H groups in total. The predicted molar refractivity (Wildman–Crippen MR) is 123 cm³/mol. The highest BCUT2D eigenvalue weighted by Gasteiger charge is 2.54. The van der Waals surface area contributed by atoms with E-state index in [2.05, 4.69) is 38.2 Å². The van der Waals surface area contributed by atoms with Crippen LogP contribution in [0, 0.1) is 5.41 Å². The fourth-order valence-electron chi connectivity index (χ4n) is 5.48. The second kappa shape index (κ2) is 8.49. The molecular formula is C26H32N2O4. The number of alkyl carbamates (subject to hydrolysis) is 1. The van der Waals surface area contributed by atoms with Crippen LogP contribution in [-0.4, -0.2) is 40.8 Å². The van der Waals surface area contributed by atoms with Gasteiger partial charge in [-0.2, -0.15) is 0 Å². The third-order valence-electron chi connectivity index (χ3n) is 7.13. The summed E-state index contributed by atoms with van der Waals surface area (Å²) in [6, 6.07) is 17.6. The van der Waals surface area contributed by atoms with Crippen molar-refractivity contribution >= 4 is 12.2 Å². The Bertz CT molecular complexity index is 985. The van der Waals surface area contributed by atoms with Gasteiger partial charge in [0.05, 0.1) is 0 Å². The second-order valence-corrected chi connectivity index (χ2v) is 10.1. The minimum absolute atomic E-state index is 0.135. The summed E-state index contributed by atoms with van der Waals surface area (Å²) in [7, 11) is 0. The number of hydrogen-bond donors (Lipinski definition) is 2. The highest BCUT2D eigenvalue weighted by Crippen LogP contribution is 2.50. The Hall–Kier alpha value is -3.02. The quantitative estimate of drug-likeness (QED) is 0.712. The van der Waals surface area contributed by atoms with Crippen molar-refractivity contribution in [2.24, 2.45) is 5.41 Å². The summed E-state index contributed by atoms with van der Waals surface area (Å²) in [5.74, 6) is 0. The number of ether oxygens (including phenoxy) is 1. The van der Waals surface area contributed by atoms with Crippen LogP contribution in [0.15, 0.2) is 54.6 Å². The van der Waals surface area contributed by atoms with E-state index < -0.39 is 12.2 Å². The van der Waals surface area contributed by atoms with Gasteiger partial charge in [-0.1, -0.05) is 75.4 Å². The first-order valence-corrected chi connectivity index (χ1v) is 11.3. The Labute approximate surface area is 189 Å². The number of carbonyl (C=O) groups excluding carboxylic acids is 1. The smallest absolute Gasteiger partial charge is 0.407 e. The first-order valence-electron chi connectivity index (χ1n) is 11.3. The van der Waals surface area contributed by atoms with E-state index in [0.717, 1.165) is 12.0 Å². The molecule has 170 valence electrons. The minimum Gasteiger partial charge on any atom is -0.465 e. The van der Waals surface area contributed by atoms with Crippen molar-refractivity contribution in [2.75, 3.05) is 6.54 Å². The lowest BCUT2D eigenvalue weighted by molar-refractivity contribution is 0.0216. The molecule has 3 unspecified atom stereocenters. The monoisotopic (exact) mass is 436 g/mol. The molecule has 4 rings (SSSR count). The van der Waals surface area contributed by atoms with Crippen molar-refractivity contribution in [1.82, 2.24) is 10.2 Å². The van der Waals surface area contributed by atoms with Crippen molar-refractivity contribution in [3.05, 3.63) is 71.3 Å². The molecule has 1 spiro atoms. The molecule has 32 heavy (non-hydrogen) atoms. The molecule has 0 aromatic heterocycles. The van der Waals surface area contributed by atoms with Gasteiger partial charge >= 0.3 is 12.2 Å². The zero-order chi connectivity index (χ0) is 22.9. The lowest BCUT2D eigenvalue weighted by Crippen LogP contribution is -2.60. The van der Waals surface area contributed by atoms with Crippen LogP contribution < -0.4 is 5.32 Å². The van der Waals surface area contributed by atoms with E-state index in [9.17, 15) is 14.7 Å². The van der Waals surface area contributed by atoms with E-state index in [1.807, 2.05) is 42.5 Å². The van der Waals surface area contributed by atoms with Gasteiger partial charge in [-0.3, -0.25) is 0 Å². The molecule has 0 radical (unpaired) electrons. The molecule has 3 atom stereocenters. The first kappa shape index (κ1) is 22.2. The average Bonchev–Trinajstić information content (AvgIpc) is 3.05. The highest BCUT2D eigenvalue weighted by molar-refractivity contribution is 5.69. The number of benzene rings is 2. The molecule has 0 saturated carbocycles. The van der Waals surface area contributed by atoms with Crippen LogP contribution in [0.3, 0.4) is 0 Å². The number of fused-ring (bicyclic) bond motifs is 2. The van der Waals surface area contributed by atoms with Gasteiger partial charge < -0.3 is 20.1 Å². The molecule has 1 saturated heterocycles. The van der Waals surface area contributed by atoms with Gasteiger partial charge in [0, 0.05) is 24.0 Å². The van der Waals surface area contributed by atoms with Crippen LogP contribution in [0.1, 0.15) is 50.3 Å². The Morgan fingerprint density at radius 3 is 2.50 bits per heavy atom. The minimum atomic E-state index is -0.877. The average molecular weight is 437 g/mol. The summed E-state index contributed by atoms with van der Waals surface area (Å²) in [5, 5.41) is 13.0. The summed E-state index contributed by atoms with van der Waals surface area (Å²) < 4.78 is 5.52. The second-order valence-electron chi connectivity index (χ2n) is 10.1. The Morgan fingerprint density at radius 1 is 1.12 bits per heavy atom. The molecule has 6 heteroatoms. The van der Waals surface area contributed by atoms with Crippen molar-refractivity contribution < 1.29 is 19.4 Å². The number of hydrogen-bond acceptors (Lipinski definition) is 3. The fourth-order valence-corrected chi connectivity index (χ4v) is 5.48. The molecule has 2 aromatic rings. The number of amides is 2. The SMILES string of the molecule is CC(C)(C)C1CC2(CCN1C(=O)O)c1ccccc1CC2NC(=O)OCc1ccccc1. The van der Waals surface area contributed by atoms with Crippen molar-refractivity contribution in [3.63, 3.8) is 0 Å². The zero-order valence-corrected chi connectivity index (χ0v) is 19.0. The van der Waals surface area contributed by atoms with Gasteiger partial charge in [0.2, 0.25) is 0 Å². The van der Waals surface area contributed by atoms with E-state index >= 15 is 0 Å². The molecular weight excluding hydrogens is 404 g/mol. The van der Waals surface area contributed by atoms with Gasteiger partial charge in [-0.25, -0.2) is 9.59 Å². The molecule has 2 amide bonds. The summed E-state index contributed by atoms with van der Waals surface area (Å²) in [6.07, 6.45) is 0.758. The number of rotatable bonds is 3. The van der Waals surface area contributed by atoms with Crippen LogP contribution >= 0.6 is 0 Å². The van der Waals surface area contributed by atoms with Crippen LogP contribution in [0.2, 0.25) is 0 Å². The molecule has 1 aliphatic carbocycles. The molecule has 0 bridgehead atoms. The number of piperidine rings is 1. The van der Waals surface area contributed by atoms with Crippen molar-refractivity contribution in [3.8, 4) is 0 Å². The van der Waals surface area contributed by atoms with Crippen LogP contribution in [0.5, 0.6) is 0 Å². The van der Waals surface area contributed by atoms with Crippen molar-refractivity contribution in [2.45, 2.75) is 64.1 Å². The molecule has 2 aromatic carbocycles. The molecule has 1 aliphatic heterocycles. The van der Waals surface area contributed by atoms with Gasteiger partial charge in [0.15, 0.2) is 0 Å². The Morgan fingerprint density at radius 2 is 1.81 bits per heavy atom. The largest absolute Gasteiger partial charge is 0.465 e. The third kappa shape index (κ3) is 4.18. The zero-order valence-electron chi connectivity index (χ0n) is 19.0. The summed E-state index contributed by atoms with van der Waals surface area (Å²) in [6.45, 7) is 6.93. The molecule has 1 heterocycles. The number of carboxylic acid groups (broad SMARTS) is 1. The number of carbonyl (C=O) groups is 2. The van der Waals surface area contributed by atoms with E-state index in [0.29, 0.717) is 19.4 Å². The standard InChI is InChI=1S/C26H32N2O4/c1-25(2,3)22-16-26(13-14-28(22)24(30)31)20-12-8-7-11-19(20)15-21(26)27-23(29)32-17-18-9-5-4-6-10-18/h4-12,21-22H,13-17H2,1-3H3,(H,27,29)(H,30,31). The maximum atomic E-state index is 12.8. The van der Waals surface area contributed by atoms with E-state index in [4.69, 9.17) is 4.74 Å². The van der Waals surface area contributed by atoms with Gasteiger partial charge in [-0.15, -0.1) is 0 Å². The summed E-state index contributed by atoms with van der Waals surface area (Å²) in [4.78, 5) is 26.3. The van der Waals surface area contributed by atoms with Crippen LogP contribution in [-0.2, 0) is 23.2 Å². The summed E-state index contributed by atoms with van der Waals surface area (Å²) >= 11 is 0. The summed E-state index contributed by atoms with van der Waals surface area (Å²) in [5.41, 5.74) is 2.85. The Kier molecular flexibility index (Phi) is 5.89. The molecule has 1 fully saturated rings. The Balaban J connectivity index is 1.59. The van der Waals surface area contributed by atoms with Crippen molar-refractivity contribution in [1.29, 1.82) is 0 Å². The van der Waals surface area contributed by atoms with Crippen LogP contribution in [0.4, 0.5) is 9.59 Å². The molecule has 2 aliphatic rings. The number of likely N-dealkylation sites (tertiary alicyclic amines) is 1. The van der Waals surface area contributed by atoms with E-state index in [1.165, 1.54) is 11.1 Å². The third-order valence-corrected chi connectivity index (χ3v) is 7.13. The topological polar surface area (TPSA) is 78.9 Å². The van der Waals surface area contributed by atoms with E-state index in [1.54, 1.807) is 4.90 Å². The first-order chi connectivity index (χ1) is 15.2. The lowest BCUT2D eigenvalue weighted by atomic mass is 9.64. The number of nitrogens with one attached hydrogen (secondary N) is 1. The van der Waals surface area contributed by atoms with E-state index in [-0.39, 0.29) is 29.5 Å². The lowest BCUT2D eigenvalue weighted by Gasteiger charge is -2.51. The van der Waals surface area contributed by atoms with Crippen LogP contribution in [0.25, 0.3) is 0 Å². The fraction of sp³-hybridized carbons (Fsp3) is 0.462. The maximum absolute atomic E-state index is 12.8. The normalized spacial score (nSPS) is 24.8. The maximum Gasteiger partial charge on any atom is 0.407 e. The van der Waals surface area contributed by atoms with Gasteiger partial charge in [-0.05, 0) is 41.4 Å². The molecule has 6 nitrogen and oxygen atoms in total.